The Kier molecular flexibility index (Phi) is 10.4. The molecule has 1 aliphatic carbocycles. The first-order chi connectivity index (χ1) is 8.65. The van der Waals surface area contributed by atoms with Gasteiger partial charge in [-0.1, -0.05) is 13.3 Å². The highest BCUT2D eigenvalue weighted by Gasteiger charge is 2.25. The monoisotopic (exact) mass is 328 g/mol. The number of nitrogens with zero attached hydrogens (tertiary/aromatic N) is 2. The van der Waals surface area contributed by atoms with Crippen LogP contribution in [0.3, 0.4) is 0 Å². The first kappa shape index (κ1) is 20.4. The topological polar surface area (TPSA) is 35.9 Å². The summed E-state index contributed by atoms with van der Waals surface area (Å²) in [7, 11) is 2.15. The van der Waals surface area contributed by atoms with Crippen LogP contribution in [0, 0.1) is 5.92 Å². The number of piperazine rings is 1. The minimum absolute atomic E-state index is 0. The second-order valence-corrected chi connectivity index (χ2v) is 6.04. The third kappa shape index (κ3) is 6.46. The molecule has 2 rings (SSSR count). The van der Waals surface area contributed by atoms with Gasteiger partial charge in [-0.15, -0.1) is 24.8 Å². The van der Waals surface area contributed by atoms with Gasteiger partial charge < -0.3 is 14.7 Å². The second-order valence-electron chi connectivity index (χ2n) is 6.04. The Hall–Kier alpha value is 0.420. The Balaban J connectivity index is 0.00000180. The molecule has 0 radical (unpaired) electrons. The minimum Gasteiger partial charge on any atom is -0.389 e. The normalized spacial score (nSPS) is 29.6. The van der Waals surface area contributed by atoms with Gasteiger partial charge in [-0.25, -0.2) is 0 Å². The minimum atomic E-state index is -0.332. The molecule has 0 aromatic rings. The summed E-state index contributed by atoms with van der Waals surface area (Å²) in [4.78, 5) is 4.67. The van der Waals surface area contributed by atoms with Gasteiger partial charge in [0.1, 0.15) is 0 Å². The lowest BCUT2D eigenvalue weighted by Gasteiger charge is -2.33. The highest BCUT2D eigenvalue weighted by Crippen LogP contribution is 2.27. The number of halogens is 2. The van der Waals surface area contributed by atoms with Crippen LogP contribution in [-0.4, -0.2) is 73.5 Å². The zero-order valence-electron chi connectivity index (χ0n) is 12.7. The Morgan fingerprint density at radius 3 is 2.35 bits per heavy atom. The SMILES string of the molecule is CC1CCCC1OCC(O)CN1CCN(C)CC1.Cl.Cl. The molecule has 122 valence electrons. The van der Waals surface area contributed by atoms with Gasteiger partial charge in [0.15, 0.2) is 0 Å². The van der Waals surface area contributed by atoms with Crippen LogP contribution < -0.4 is 0 Å². The predicted molar refractivity (Wildman–Crippen MR) is 87.2 cm³/mol. The fourth-order valence-corrected chi connectivity index (χ4v) is 2.97. The van der Waals surface area contributed by atoms with Gasteiger partial charge >= 0.3 is 0 Å². The van der Waals surface area contributed by atoms with Crippen molar-refractivity contribution in [3.63, 3.8) is 0 Å². The van der Waals surface area contributed by atoms with E-state index in [1.54, 1.807) is 0 Å². The molecule has 1 heterocycles. The first-order valence-electron chi connectivity index (χ1n) is 7.35. The maximum Gasteiger partial charge on any atom is 0.0900 e. The summed E-state index contributed by atoms with van der Waals surface area (Å²) in [6, 6.07) is 0. The average Bonchev–Trinajstić information content (AvgIpc) is 2.75. The highest BCUT2D eigenvalue weighted by molar-refractivity contribution is 5.85. The number of ether oxygens (including phenoxy) is 1. The van der Waals surface area contributed by atoms with Gasteiger partial charge in [0.05, 0.1) is 18.8 Å². The number of hydrogen-bond acceptors (Lipinski definition) is 4. The lowest BCUT2D eigenvalue weighted by atomic mass is 10.1. The van der Waals surface area contributed by atoms with Gasteiger partial charge in [0, 0.05) is 32.7 Å². The maximum absolute atomic E-state index is 10.0. The molecule has 4 nitrogen and oxygen atoms in total. The summed E-state index contributed by atoms with van der Waals surface area (Å²) in [5.74, 6) is 0.667. The third-order valence-electron chi connectivity index (χ3n) is 4.35. The van der Waals surface area contributed by atoms with E-state index in [1.807, 2.05) is 0 Å². The van der Waals surface area contributed by atoms with Crippen LogP contribution in [0.4, 0.5) is 0 Å². The van der Waals surface area contributed by atoms with Crippen molar-refractivity contribution in [3.8, 4) is 0 Å². The van der Waals surface area contributed by atoms with Crippen LogP contribution in [-0.2, 0) is 4.74 Å². The molecule has 0 aromatic carbocycles. The van der Waals surface area contributed by atoms with Gasteiger partial charge in [0.25, 0.3) is 0 Å². The smallest absolute Gasteiger partial charge is 0.0900 e. The summed E-state index contributed by atoms with van der Waals surface area (Å²) < 4.78 is 5.85. The average molecular weight is 329 g/mol. The van der Waals surface area contributed by atoms with Crippen LogP contribution in [0.15, 0.2) is 0 Å². The molecule has 1 aliphatic heterocycles. The van der Waals surface area contributed by atoms with Gasteiger partial charge in [-0.05, 0) is 25.8 Å². The van der Waals surface area contributed by atoms with Crippen LogP contribution >= 0.6 is 24.8 Å². The van der Waals surface area contributed by atoms with E-state index in [2.05, 4.69) is 23.8 Å². The number of likely N-dealkylation sites (N-methyl/N-ethyl adjacent to an activating group) is 1. The van der Waals surface area contributed by atoms with Crippen molar-refractivity contribution in [2.45, 2.75) is 38.4 Å². The molecule has 2 aliphatic rings. The van der Waals surface area contributed by atoms with Crippen molar-refractivity contribution in [1.82, 2.24) is 9.80 Å². The van der Waals surface area contributed by atoms with E-state index in [-0.39, 0.29) is 30.9 Å². The van der Waals surface area contributed by atoms with E-state index in [4.69, 9.17) is 4.74 Å². The predicted octanol–water partition coefficient (Wildman–Crippen LogP) is 1.64. The Morgan fingerprint density at radius 1 is 1.15 bits per heavy atom. The molecule has 1 N–H and O–H groups in total. The standard InChI is InChI=1S/C14H28N2O2.2ClH/c1-12-4-3-5-14(12)18-11-13(17)10-16-8-6-15(2)7-9-16;;/h12-14,17H,3-11H2,1-2H3;2*1H. The highest BCUT2D eigenvalue weighted by atomic mass is 35.5. The van der Waals surface area contributed by atoms with E-state index in [1.165, 1.54) is 19.3 Å². The Labute approximate surface area is 135 Å². The molecule has 20 heavy (non-hydrogen) atoms. The van der Waals surface area contributed by atoms with Crippen LogP contribution in [0.25, 0.3) is 0 Å². The third-order valence-corrected chi connectivity index (χ3v) is 4.35. The zero-order chi connectivity index (χ0) is 13.0. The Bertz CT molecular complexity index is 251. The molecular formula is C14H30Cl2N2O2. The molecule has 0 aromatic heterocycles. The van der Waals surface area contributed by atoms with Crippen LogP contribution in [0.1, 0.15) is 26.2 Å². The van der Waals surface area contributed by atoms with Crippen molar-refractivity contribution in [1.29, 1.82) is 0 Å². The van der Waals surface area contributed by atoms with E-state index in [0.29, 0.717) is 18.6 Å². The number of hydrogen-bond donors (Lipinski definition) is 1. The lowest BCUT2D eigenvalue weighted by molar-refractivity contribution is -0.0349. The molecule has 0 amide bonds. The molecule has 1 saturated carbocycles. The molecule has 3 unspecified atom stereocenters. The molecule has 6 heteroatoms. The van der Waals surface area contributed by atoms with Crippen molar-refractivity contribution < 1.29 is 9.84 Å². The van der Waals surface area contributed by atoms with Crippen LogP contribution in [0.2, 0.25) is 0 Å². The van der Waals surface area contributed by atoms with Crippen LogP contribution in [0.5, 0.6) is 0 Å². The van der Waals surface area contributed by atoms with Gasteiger partial charge in [0.2, 0.25) is 0 Å². The van der Waals surface area contributed by atoms with E-state index in [9.17, 15) is 5.11 Å². The van der Waals surface area contributed by atoms with Gasteiger partial charge in [-0.2, -0.15) is 0 Å². The second kappa shape index (κ2) is 10.2. The van der Waals surface area contributed by atoms with E-state index in [0.717, 1.165) is 32.7 Å². The summed E-state index contributed by atoms with van der Waals surface area (Å²) in [5, 5.41) is 10.0. The molecule has 3 atom stereocenters. The zero-order valence-corrected chi connectivity index (χ0v) is 14.3. The largest absolute Gasteiger partial charge is 0.389 e. The molecular weight excluding hydrogens is 299 g/mol. The number of rotatable bonds is 5. The first-order valence-corrected chi connectivity index (χ1v) is 7.35. The van der Waals surface area contributed by atoms with Crippen molar-refractivity contribution in [2.24, 2.45) is 5.92 Å². The lowest BCUT2D eigenvalue weighted by Crippen LogP contribution is -2.47. The summed E-state index contributed by atoms with van der Waals surface area (Å²) in [5.41, 5.74) is 0. The molecule has 0 spiro atoms. The number of aliphatic hydroxyl groups is 1. The van der Waals surface area contributed by atoms with Crippen molar-refractivity contribution >= 4 is 24.8 Å². The summed E-state index contributed by atoms with van der Waals surface area (Å²) >= 11 is 0. The Morgan fingerprint density at radius 2 is 1.80 bits per heavy atom. The number of aliphatic hydroxyl groups excluding tert-OH is 1. The van der Waals surface area contributed by atoms with Crippen molar-refractivity contribution in [3.05, 3.63) is 0 Å². The summed E-state index contributed by atoms with van der Waals surface area (Å²) in [6.45, 7) is 7.85. The molecule has 0 bridgehead atoms. The fourth-order valence-electron chi connectivity index (χ4n) is 2.97. The molecule has 1 saturated heterocycles. The quantitative estimate of drug-likeness (QED) is 0.832. The van der Waals surface area contributed by atoms with Gasteiger partial charge in [-0.3, -0.25) is 4.90 Å². The van der Waals surface area contributed by atoms with Crippen molar-refractivity contribution in [2.75, 3.05) is 46.4 Å². The fraction of sp³-hybridized carbons (Fsp3) is 1.00. The molecule has 2 fully saturated rings. The van der Waals surface area contributed by atoms with E-state index < -0.39 is 0 Å². The number of β-amino-alcohol motifs (C(OH)–C–C–N with tert-alkyl or cyclic N) is 1. The maximum atomic E-state index is 10.0. The summed E-state index contributed by atoms with van der Waals surface area (Å²) in [6.07, 6.45) is 3.77. The van der Waals surface area contributed by atoms with E-state index >= 15 is 0 Å².